The van der Waals surface area contributed by atoms with Gasteiger partial charge in [0, 0.05) is 17.1 Å². The molecule has 3 rings (SSSR count). The van der Waals surface area contributed by atoms with Crippen LogP contribution in [0.25, 0.3) is 10.9 Å². The van der Waals surface area contributed by atoms with E-state index in [1.54, 1.807) is 6.07 Å². The Morgan fingerprint density at radius 3 is 2.84 bits per heavy atom. The lowest BCUT2D eigenvalue weighted by Crippen LogP contribution is -2.33. The molecule has 0 aliphatic carbocycles. The van der Waals surface area contributed by atoms with E-state index in [2.05, 4.69) is 23.0 Å². The smallest absolute Gasteiger partial charge is 0.123 e. The molecule has 0 saturated carbocycles. The van der Waals surface area contributed by atoms with Crippen molar-refractivity contribution in [3.8, 4) is 0 Å². The molecule has 0 bridgehead atoms. The number of H-pyrrole nitrogens is 1. The van der Waals surface area contributed by atoms with E-state index in [-0.39, 0.29) is 5.82 Å². The van der Waals surface area contributed by atoms with Gasteiger partial charge in [-0.05, 0) is 68.6 Å². The summed E-state index contributed by atoms with van der Waals surface area (Å²) in [6.45, 7) is 5.80. The molecule has 0 atom stereocenters. The van der Waals surface area contributed by atoms with E-state index in [9.17, 15) is 4.39 Å². The van der Waals surface area contributed by atoms with Crippen LogP contribution in [-0.2, 0) is 6.42 Å². The molecule has 3 heteroatoms. The van der Waals surface area contributed by atoms with Gasteiger partial charge in [0.1, 0.15) is 5.82 Å². The highest BCUT2D eigenvalue weighted by Crippen LogP contribution is 2.26. The minimum atomic E-state index is -0.144. The largest absolute Gasteiger partial charge is 0.361 e. The van der Waals surface area contributed by atoms with Gasteiger partial charge in [-0.1, -0.05) is 6.92 Å². The van der Waals surface area contributed by atoms with Gasteiger partial charge in [0.25, 0.3) is 0 Å². The summed E-state index contributed by atoms with van der Waals surface area (Å²) < 4.78 is 13.3. The maximum atomic E-state index is 13.3. The second kappa shape index (κ2) is 5.33. The molecule has 2 aromatic rings. The number of piperidine rings is 1. The Morgan fingerprint density at radius 1 is 1.32 bits per heavy atom. The summed E-state index contributed by atoms with van der Waals surface area (Å²) in [5.41, 5.74) is 2.31. The average molecular weight is 260 g/mol. The third kappa shape index (κ3) is 2.66. The van der Waals surface area contributed by atoms with Crippen LogP contribution in [0.3, 0.4) is 0 Å². The number of nitrogens with zero attached hydrogens (tertiary/aromatic N) is 1. The lowest BCUT2D eigenvalue weighted by Gasteiger charge is -2.30. The van der Waals surface area contributed by atoms with Gasteiger partial charge in [-0.15, -0.1) is 0 Å². The van der Waals surface area contributed by atoms with Crippen LogP contribution in [0.1, 0.15) is 25.3 Å². The number of hydrogen-bond donors (Lipinski definition) is 1. The van der Waals surface area contributed by atoms with Crippen LogP contribution in [0.15, 0.2) is 24.4 Å². The quantitative estimate of drug-likeness (QED) is 0.893. The lowest BCUT2D eigenvalue weighted by molar-refractivity contribution is 0.192. The first kappa shape index (κ1) is 12.7. The third-order valence-electron chi connectivity index (χ3n) is 4.39. The van der Waals surface area contributed by atoms with Crippen molar-refractivity contribution in [2.24, 2.45) is 5.92 Å². The Hall–Kier alpha value is -1.35. The van der Waals surface area contributed by atoms with Crippen molar-refractivity contribution >= 4 is 10.9 Å². The van der Waals surface area contributed by atoms with Crippen molar-refractivity contribution in [3.05, 3.63) is 35.8 Å². The number of fused-ring (bicyclic) bond motifs is 1. The Bertz CT molecular complexity index is 553. The van der Waals surface area contributed by atoms with Gasteiger partial charge in [-0.3, -0.25) is 0 Å². The Balaban J connectivity index is 1.73. The van der Waals surface area contributed by atoms with E-state index in [0.29, 0.717) is 0 Å². The van der Waals surface area contributed by atoms with Crippen molar-refractivity contribution in [2.45, 2.75) is 26.2 Å². The molecule has 1 aromatic carbocycles. The topological polar surface area (TPSA) is 19.0 Å². The van der Waals surface area contributed by atoms with Crippen LogP contribution >= 0.6 is 0 Å². The van der Waals surface area contributed by atoms with E-state index in [4.69, 9.17) is 0 Å². The molecule has 0 amide bonds. The number of benzene rings is 1. The number of rotatable bonds is 3. The van der Waals surface area contributed by atoms with E-state index >= 15 is 0 Å². The number of aromatic amines is 1. The van der Waals surface area contributed by atoms with Crippen molar-refractivity contribution in [1.29, 1.82) is 0 Å². The third-order valence-corrected chi connectivity index (χ3v) is 4.39. The zero-order chi connectivity index (χ0) is 13.2. The summed E-state index contributed by atoms with van der Waals surface area (Å²) in [5, 5.41) is 1.05. The average Bonchev–Trinajstić information content (AvgIpc) is 2.82. The molecule has 0 spiro atoms. The zero-order valence-corrected chi connectivity index (χ0v) is 11.5. The summed E-state index contributed by atoms with van der Waals surface area (Å²) in [4.78, 5) is 5.75. The summed E-state index contributed by atoms with van der Waals surface area (Å²) in [5.74, 6) is 0.596. The van der Waals surface area contributed by atoms with E-state index in [1.165, 1.54) is 37.6 Å². The van der Waals surface area contributed by atoms with E-state index < -0.39 is 0 Å². The molecule has 19 heavy (non-hydrogen) atoms. The summed E-state index contributed by atoms with van der Waals surface area (Å²) >= 11 is 0. The standard InChI is InChI=1S/C16H21FN2/c1-2-19-7-5-12(6-8-19)9-13-11-18-16-4-3-14(17)10-15(13)16/h3-4,10-12,18H,2,5-9H2,1H3. The Kier molecular flexibility index (Phi) is 3.56. The van der Waals surface area contributed by atoms with Crippen LogP contribution in [0.4, 0.5) is 4.39 Å². The second-order valence-corrected chi connectivity index (χ2v) is 5.59. The molecule has 102 valence electrons. The molecule has 1 aliphatic heterocycles. The molecule has 1 aromatic heterocycles. The molecule has 1 fully saturated rings. The van der Waals surface area contributed by atoms with E-state index in [0.717, 1.165) is 29.8 Å². The van der Waals surface area contributed by atoms with E-state index in [1.807, 2.05) is 6.07 Å². The molecule has 2 heterocycles. The monoisotopic (exact) mass is 260 g/mol. The Labute approximate surface area is 113 Å². The van der Waals surface area contributed by atoms with Gasteiger partial charge in [0.2, 0.25) is 0 Å². The fourth-order valence-electron chi connectivity index (χ4n) is 3.14. The molecule has 0 radical (unpaired) electrons. The highest BCUT2D eigenvalue weighted by Gasteiger charge is 2.19. The minimum Gasteiger partial charge on any atom is -0.361 e. The second-order valence-electron chi connectivity index (χ2n) is 5.59. The molecule has 1 N–H and O–H groups in total. The fourth-order valence-corrected chi connectivity index (χ4v) is 3.14. The summed E-state index contributed by atoms with van der Waals surface area (Å²) in [6.07, 6.45) is 5.64. The van der Waals surface area contributed by atoms with Crippen LogP contribution in [0.2, 0.25) is 0 Å². The number of aromatic nitrogens is 1. The predicted octanol–water partition coefficient (Wildman–Crippen LogP) is 3.58. The first-order chi connectivity index (χ1) is 9.26. The van der Waals surface area contributed by atoms with Crippen LogP contribution in [0, 0.1) is 11.7 Å². The van der Waals surface area contributed by atoms with Crippen molar-refractivity contribution in [1.82, 2.24) is 9.88 Å². The van der Waals surface area contributed by atoms with Crippen molar-refractivity contribution in [3.63, 3.8) is 0 Å². The maximum Gasteiger partial charge on any atom is 0.123 e. The van der Waals surface area contributed by atoms with Gasteiger partial charge in [-0.25, -0.2) is 4.39 Å². The van der Waals surface area contributed by atoms with Crippen LogP contribution in [-0.4, -0.2) is 29.5 Å². The Morgan fingerprint density at radius 2 is 2.11 bits per heavy atom. The predicted molar refractivity (Wildman–Crippen MR) is 76.8 cm³/mol. The highest BCUT2D eigenvalue weighted by atomic mass is 19.1. The molecular weight excluding hydrogens is 239 g/mol. The van der Waals surface area contributed by atoms with Gasteiger partial charge in [-0.2, -0.15) is 0 Å². The van der Waals surface area contributed by atoms with Gasteiger partial charge in [0.15, 0.2) is 0 Å². The minimum absolute atomic E-state index is 0.144. The maximum absolute atomic E-state index is 13.3. The molecule has 0 unspecified atom stereocenters. The van der Waals surface area contributed by atoms with Crippen molar-refractivity contribution < 1.29 is 4.39 Å². The molecule has 1 aliphatic rings. The lowest BCUT2D eigenvalue weighted by atomic mass is 9.90. The van der Waals surface area contributed by atoms with Crippen LogP contribution < -0.4 is 0 Å². The van der Waals surface area contributed by atoms with Crippen LogP contribution in [0.5, 0.6) is 0 Å². The first-order valence-corrected chi connectivity index (χ1v) is 7.24. The number of halogens is 1. The molecule has 2 nitrogen and oxygen atoms in total. The number of likely N-dealkylation sites (tertiary alicyclic amines) is 1. The summed E-state index contributed by atoms with van der Waals surface area (Å²) in [6, 6.07) is 5.00. The SMILES string of the molecule is CCN1CCC(Cc2c[nH]c3ccc(F)cc23)CC1. The summed E-state index contributed by atoms with van der Waals surface area (Å²) in [7, 11) is 0. The van der Waals surface area contributed by atoms with Gasteiger partial charge < -0.3 is 9.88 Å². The normalized spacial score (nSPS) is 18.2. The van der Waals surface area contributed by atoms with Crippen molar-refractivity contribution in [2.75, 3.05) is 19.6 Å². The first-order valence-electron chi connectivity index (χ1n) is 7.24. The zero-order valence-electron chi connectivity index (χ0n) is 11.5. The fraction of sp³-hybridized carbons (Fsp3) is 0.500. The van der Waals surface area contributed by atoms with Gasteiger partial charge in [0.05, 0.1) is 0 Å². The highest BCUT2D eigenvalue weighted by molar-refractivity contribution is 5.83. The number of hydrogen-bond acceptors (Lipinski definition) is 1. The van der Waals surface area contributed by atoms with Gasteiger partial charge >= 0.3 is 0 Å². The molecular formula is C16H21FN2. The molecule has 1 saturated heterocycles. The number of nitrogens with one attached hydrogen (secondary N) is 1.